The lowest BCUT2D eigenvalue weighted by atomic mass is 9.94. The number of hydrogen-bond acceptors (Lipinski definition) is 5. The van der Waals surface area contributed by atoms with Gasteiger partial charge in [0.1, 0.15) is 6.54 Å². The molecule has 2 heterocycles. The van der Waals surface area contributed by atoms with E-state index in [0.717, 1.165) is 38.3 Å². The molecule has 3 unspecified atom stereocenters. The van der Waals surface area contributed by atoms with Gasteiger partial charge in [0, 0.05) is 30.9 Å². The van der Waals surface area contributed by atoms with Crippen LogP contribution in [0, 0.1) is 5.92 Å². The highest BCUT2D eigenvalue weighted by Crippen LogP contribution is 2.31. The molecular formula is C19H32ClN5O2. The van der Waals surface area contributed by atoms with Crippen molar-refractivity contribution in [2.24, 2.45) is 5.92 Å². The molecule has 1 aromatic heterocycles. The number of carbonyl (C=O) groups excluding carboxylic acids is 1. The summed E-state index contributed by atoms with van der Waals surface area (Å²) in [5, 5.41) is 14.7. The number of nitrogens with zero attached hydrogens (tertiary/aromatic N) is 2. The summed E-state index contributed by atoms with van der Waals surface area (Å²) in [5.74, 6) is 0.651. The first kappa shape index (κ1) is 20.4. The summed E-state index contributed by atoms with van der Waals surface area (Å²) in [6.07, 6.45) is 12.1. The zero-order valence-electron chi connectivity index (χ0n) is 15.9. The lowest BCUT2D eigenvalue weighted by Gasteiger charge is -2.33. The monoisotopic (exact) mass is 397 g/mol. The van der Waals surface area contributed by atoms with Crippen molar-refractivity contribution in [2.75, 3.05) is 25.1 Å². The van der Waals surface area contributed by atoms with Crippen LogP contribution < -0.4 is 16.0 Å². The average Bonchev–Trinajstić information content (AvgIpc) is 3.39. The number of hydrogen-bond donors (Lipinski definition) is 3. The second-order valence-corrected chi connectivity index (χ2v) is 7.96. The van der Waals surface area contributed by atoms with E-state index in [-0.39, 0.29) is 18.3 Å². The molecule has 0 spiro atoms. The standard InChI is InChI=1S/C19H31N5O2.ClH/c25-19(23-14-4-1-2-5-14)12-24-11-15(10-21-24)22-17-7-3-6-16(17)18-13-26-9-8-20-18;/h10-11,14,16-18,20,22H,1-9,12-13H2,(H,23,25);1H. The molecule has 1 saturated heterocycles. The molecule has 0 aromatic carbocycles. The molecule has 0 bridgehead atoms. The molecule has 152 valence electrons. The maximum absolute atomic E-state index is 12.2. The van der Waals surface area contributed by atoms with Crippen LogP contribution in [0.3, 0.4) is 0 Å². The SMILES string of the molecule is Cl.O=C(Cn1cc(NC2CCCC2C2COCCN2)cn1)NC1CCCC1. The largest absolute Gasteiger partial charge is 0.379 e. The van der Waals surface area contributed by atoms with Gasteiger partial charge in [-0.25, -0.2) is 0 Å². The molecule has 27 heavy (non-hydrogen) atoms. The second-order valence-electron chi connectivity index (χ2n) is 7.96. The van der Waals surface area contributed by atoms with Crippen LogP contribution in [0.4, 0.5) is 5.69 Å². The Morgan fingerprint density at radius 1 is 1.26 bits per heavy atom. The van der Waals surface area contributed by atoms with E-state index in [1.807, 2.05) is 12.4 Å². The molecule has 7 nitrogen and oxygen atoms in total. The smallest absolute Gasteiger partial charge is 0.241 e. The van der Waals surface area contributed by atoms with Crippen molar-refractivity contribution < 1.29 is 9.53 Å². The summed E-state index contributed by atoms with van der Waals surface area (Å²) in [6.45, 7) is 2.87. The summed E-state index contributed by atoms with van der Waals surface area (Å²) in [7, 11) is 0. The summed E-state index contributed by atoms with van der Waals surface area (Å²) in [4.78, 5) is 12.2. The van der Waals surface area contributed by atoms with E-state index in [1.54, 1.807) is 4.68 Å². The number of rotatable bonds is 6. The zero-order chi connectivity index (χ0) is 17.8. The number of anilines is 1. The van der Waals surface area contributed by atoms with Crippen LogP contribution >= 0.6 is 12.4 Å². The second kappa shape index (κ2) is 9.75. The Balaban J connectivity index is 0.00000210. The molecular weight excluding hydrogens is 366 g/mol. The molecule has 3 fully saturated rings. The third-order valence-corrected chi connectivity index (χ3v) is 6.05. The van der Waals surface area contributed by atoms with Crippen LogP contribution in [-0.2, 0) is 16.1 Å². The Hall–Kier alpha value is -1.31. The van der Waals surface area contributed by atoms with Crippen molar-refractivity contribution in [3.05, 3.63) is 12.4 Å². The van der Waals surface area contributed by atoms with Gasteiger partial charge in [0.05, 0.1) is 25.1 Å². The summed E-state index contributed by atoms with van der Waals surface area (Å²) >= 11 is 0. The van der Waals surface area contributed by atoms with Gasteiger partial charge >= 0.3 is 0 Å². The van der Waals surface area contributed by atoms with E-state index in [0.29, 0.717) is 30.6 Å². The molecule has 3 N–H and O–H groups in total. The molecule has 8 heteroatoms. The van der Waals surface area contributed by atoms with Crippen molar-refractivity contribution >= 4 is 24.0 Å². The molecule has 3 atom stereocenters. The summed E-state index contributed by atoms with van der Waals surface area (Å²) < 4.78 is 7.38. The topological polar surface area (TPSA) is 80.2 Å². The lowest BCUT2D eigenvalue weighted by Crippen LogP contribution is -2.49. The van der Waals surface area contributed by atoms with Gasteiger partial charge in [-0.3, -0.25) is 9.48 Å². The van der Waals surface area contributed by atoms with E-state index >= 15 is 0 Å². The van der Waals surface area contributed by atoms with Gasteiger partial charge in [-0.05, 0) is 31.6 Å². The Bertz CT molecular complexity index is 599. The van der Waals surface area contributed by atoms with Crippen LogP contribution in [0.1, 0.15) is 44.9 Å². The molecule has 2 saturated carbocycles. The van der Waals surface area contributed by atoms with Gasteiger partial charge in [0.2, 0.25) is 5.91 Å². The first-order chi connectivity index (χ1) is 12.8. The van der Waals surface area contributed by atoms with Gasteiger partial charge in [0.15, 0.2) is 0 Å². The number of ether oxygens (including phenoxy) is 1. The Morgan fingerprint density at radius 2 is 2.11 bits per heavy atom. The Morgan fingerprint density at radius 3 is 2.89 bits per heavy atom. The fourth-order valence-electron chi connectivity index (χ4n) is 4.74. The number of amides is 1. The van der Waals surface area contributed by atoms with Gasteiger partial charge in [-0.15, -0.1) is 12.4 Å². The summed E-state index contributed by atoms with van der Waals surface area (Å²) in [6, 6.07) is 1.25. The third-order valence-electron chi connectivity index (χ3n) is 6.05. The first-order valence-electron chi connectivity index (χ1n) is 10.2. The molecule has 1 amide bonds. The van der Waals surface area contributed by atoms with Crippen LogP contribution in [0.15, 0.2) is 12.4 Å². The number of carbonyl (C=O) groups is 1. The minimum atomic E-state index is 0. The van der Waals surface area contributed by atoms with Crippen molar-refractivity contribution in [2.45, 2.75) is 69.6 Å². The van der Waals surface area contributed by atoms with Crippen LogP contribution in [0.2, 0.25) is 0 Å². The predicted molar refractivity (Wildman–Crippen MR) is 107 cm³/mol. The fourth-order valence-corrected chi connectivity index (χ4v) is 4.74. The van der Waals surface area contributed by atoms with E-state index in [4.69, 9.17) is 4.74 Å². The maximum Gasteiger partial charge on any atom is 0.241 e. The molecule has 2 aliphatic carbocycles. The van der Waals surface area contributed by atoms with Crippen LogP contribution in [0.25, 0.3) is 0 Å². The highest BCUT2D eigenvalue weighted by atomic mass is 35.5. The van der Waals surface area contributed by atoms with Gasteiger partial charge in [0.25, 0.3) is 0 Å². The van der Waals surface area contributed by atoms with E-state index in [9.17, 15) is 4.79 Å². The molecule has 1 aromatic rings. The average molecular weight is 398 g/mol. The first-order valence-corrected chi connectivity index (χ1v) is 10.2. The minimum Gasteiger partial charge on any atom is -0.379 e. The van der Waals surface area contributed by atoms with Crippen LogP contribution in [-0.4, -0.2) is 53.6 Å². The van der Waals surface area contributed by atoms with E-state index in [2.05, 4.69) is 21.0 Å². The number of morpholine rings is 1. The zero-order valence-corrected chi connectivity index (χ0v) is 16.7. The van der Waals surface area contributed by atoms with Crippen molar-refractivity contribution in [1.82, 2.24) is 20.4 Å². The number of nitrogens with one attached hydrogen (secondary N) is 3. The highest BCUT2D eigenvalue weighted by Gasteiger charge is 2.34. The summed E-state index contributed by atoms with van der Waals surface area (Å²) in [5.41, 5.74) is 1.01. The van der Waals surface area contributed by atoms with Crippen molar-refractivity contribution in [3.63, 3.8) is 0 Å². The minimum absolute atomic E-state index is 0. The van der Waals surface area contributed by atoms with Crippen molar-refractivity contribution in [3.8, 4) is 0 Å². The maximum atomic E-state index is 12.2. The van der Waals surface area contributed by atoms with Gasteiger partial charge in [-0.1, -0.05) is 19.3 Å². The van der Waals surface area contributed by atoms with E-state index in [1.165, 1.54) is 32.1 Å². The normalized spacial score (nSPS) is 28.7. The van der Waals surface area contributed by atoms with Crippen LogP contribution in [0.5, 0.6) is 0 Å². The van der Waals surface area contributed by atoms with E-state index < -0.39 is 0 Å². The Labute approximate surface area is 167 Å². The fraction of sp³-hybridized carbons (Fsp3) is 0.789. The predicted octanol–water partition coefficient (Wildman–Crippen LogP) is 1.93. The quantitative estimate of drug-likeness (QED) is 0.683. The number of halogens is 1. The van der Waals surface area contributed by atoms with Gasteiger partial charge < -0.3 is 20.7 Å². The Kier molecular flexibility index (Phi) is 7.38. The lowest BCUT2D eigenvalue weighted by molar-refractivity contribution is -0.122. The van der Waals surface area contributed by atoms with Gasteiger partial charge in [-0.2, -0.15) is 5.10 Å². The molecule has 3 aliphatic rings. The molecule has 0 radical (unpaired) electrons. The number of aromatic nitrogens is 2. The third kappa shape index (κ3) is 5.36. The highest BCUT2D eigenvalue weighted by molar-refractivity contribution is 5.85. The molecule has 1 aliphatic heterocycles. The van der Waals surface area contributed by atoms with Crippen molar-refractivity contribution in [1.29, 1.82) is 0 Å². The molecule has 4 rings (SSSR count).